The number of rotatable bonds is 3. The summed E-state index contributed by atoms with van der Waals surface area (Å²) in [4.78, 5) is 24.9. The van der Waals surface area contributed by atoms with E-state index in [1.165, 1.54) is 12.0 Å². The standard InChI is InChI=1S/C13H15NO5/c1-18-11-5-3-2-4-9(11)12(15)14-6-7-19-8-10(14)13(16)17/h2-5,10H,6-8H2,1H3,(H,16,17). The van der Waals surface area contributed by atoms with Gasteiger partial charge in [0.15, 0.2) is 6.04 Å². The van der Waals surface area contributed by atoms with Crippen LogP contribution in [0.25, 0.3) is 0 Å². The van der Waals surface area contributed by atoms with E-state index in [1.807, 2.05) is 0 Å². The van der Waals surface area contributed by atoms with E-state index in [-0.39, 0.29) is 19.1 Å². The van der Waals surface area contributed by atoms with Crippen LogP contribution in [0, 0.1) is 0 Å². The first-order chi connectivity index (χ1) is 9.15. The summed E-state index contributed by atoms with van der Waals surface area (Å²) >= 11 is 0. The highest BCUT2D eigenvalue weighted by atomic mass is 16.5. The van der Waals surface area contributed by atoms with E-state index < -0.39 is 12.0 Å². The fraction of sp³-hybridized carbons (Fsp3) is 0.385. The number of hydrogen-bond acceptors (Lipinski definition) is 4. The summed E-state index contributed by atoms with van der Waals surface area (Å²) in [7, 11) is 1.47. The molecule has 1 atom stereocenters. The van der Waals surface area contributed by atoms with Crippen molar-refractivity contribution in [1.29, 1.82) is 0 Å². The molecule has 1 amide bonds. The molecule has 1 unspecified atom stereocenters. The summed E-state index contributed by atoms with van der Waals surface area (Å²) < 4.78 is 10.2. The largest absolute Gasteiger partial charge is 0.496 e. The predicted octanol–water partition coefficient (Wildman–Crippen LogP) is 0.621. The summed E-state index contributed by atoms with van der Waals surface area (Å²) in [6, 6.07) is 5.81. The quantitative estimate of drug-likeness (QED) is 0.867. The molecule has 1 fully saturated rings. The highest BCUT2D eigenvalue weighted by molar-refractivity contribution is 5.99. The number of carboxylic acid groups (broad SMARTS) is 1. The van der Waals surface area contributed by atoms with Crippen LogP contribution in [0.5, 0.6) is 5.75 Å². The Morgan fingerprint density at radius 1 is 1.42 bits per heavy atom. The van der Waals surface area contributed by atoms with Gasteiger partial charge in [-0.25, -0.2) is 4.79 Å². The van der Waals surface area contributed by atoms with Gasteiger partial charge in [0.05, 0.1) is 25.9 Å². The third-order valence-electron chi connectivity index (χ3n) is 3.01. The first-order valence-corrected chi connectivity index (χ1v) is 5.89. The van der Waals surface area contributed by atoms with Gasteiger partial charge in [-0.15, -0.1) is 0 Å². The summed E-state index contributed by atoms with van der Waals surface area (Å²) in [6.45, 7) is 0.606. The molecule has 1 aromatic carbocycles. The van der Waals surface area contributed by atoms with Gasteiger partial charge in [-0.3, -0.25) is 4.79 Å². The molecule has 0 aromatic heterocycles. The van der Waals surface area contributed by atoms with Gasteiger partial charge < -0.3 is 19.5 Å². The summed E-state index contributed by atoms with van der Waals surface area (Å²) in [6.07, 6.45) is 0. The highest BCUT2D eigenvalue weighted by Gasteiger charge is 2.34. The second-order valence-electron chi connectivity index (χ2n) is 4.13. The average molecular weight is 265 g/mol. The lowest BCUT2D eigenvalue weighted by atomic mass is 10.1. The molecule has 1 aliphatic heterocycles. The van der Waals surface area contributed by atoms with E-state index in [0.29, 0.717) is 17.9 Å². The van der Waals surface area contributed by atoms with Crippen LogP contribution >= 0.6 is 0 Å². The maximum absolute atomic E-state index is 12.4. The normalized spacial score (nSPS) is 19.0. The van der Waals surface area contributed by atoms with Gasteiger partial charge in [-0.2, -0.15) is 0 Å². The topological polar surface area (TPSA) is 76.1 Å². The molecule has 0 radical (unpaired) electrons. The fourth-order valence-corrected chi connectivity index (χ4v) is 2.03. The Morgan fingerprint density at radius 2 is 2.16 bits per heavy atom. The molecule has 0 saturated carbocycles. The van der Waals surface area contributed by atoms with E-state index in [1.54, 1.807) is 24.3 Å². The second kappa shape index (κ2) is 5.71. The number of carboxylic acids is 1. The second-order valence-corrected chi connectivity index (χ2v) is 4.13. The molecule has 0 spiro atoms. The maximum atomic E-state index is 12.4. The molecule has 0 bridgehead atoms. The van der Waals surface area contributed by atoms with Gasteiger partial charge in [0.25, 0.3) is 5.91 Å². The van der Waals surface area contributed by atoms with Gasteiger partial charge in [-0.05, 0) is 12.1 Å². The predicted molar refractivity (Wildman–Crippen MR) is 66.3 cm³/mol. The molecule has 19 heavy (non-hydrogen) atoms. The van der Waals surface area contributed by atoms with E-state index in [2.05, 4.69) is 0 Å². The zero-order valence-electron chi connectivity index (χ0n) is 10.5. The maximum Gasteiger partial charge on any atom is 0.328 e. The van der Waals surface area contributed by atoms with E-state index in [0.717, 1.165) is 0 Å². The van der Waals surface area contributed by atoms with Crippen molar-refractivity contribution in [2.75, 3.05) is 26.9 Å². The van der Waals surface area contributed by atoms with Crippen LogP contribution in [0.2, 0.25) is 0 Å². The van der Waals surface area contributed by atoms with Crippen molar-refractivity contribution in [3.8, 4) is 5.75 Å². The number of methoxy groups -OCH3 is 1. The Morgan fingerprint density at radius 3 is 2.84 bits per heavy atom. The fourth-order valence-electron chi connectivity index (χ4n) is 2.03. The van der Waals surface area contributed by atoms with Crippen LogP contribution in [-0.2, 0) is 9.53 Å². The number of nitrogens with zero attached hydrogens (tertiary/aromatic N) is 1. The van der Waals surface area contributed by atoms with Gasteiger partial charge in [0, 0.05) is 6.54 Å². The van der Waals surface area contributed by atoms with Crippen molar-refractivity contribution >= 4 is 11.9 Å². The summed E-state index contributed by atoms with van der Waals surface area (Å²) in [5, 5.41) is 9.13. The summed E-state index contributed by atoms with van der Waals surface area (Å²) in [5.41, 5.74) is 0.359. The Kier molecular flexibility index (Phi) is 4.01. The lowest BCUT2D eigenvalue weighted by Gasteiger charge is -2.33. The van der Waals surface area contributed by atoms with Crippen molar-refractivity contribution in [3.63, 3.8) is 0 Å². The van der Waals surface area contributed by atoms with Gasteiger partial charge in [0.2, 0.25) is 0 Å². The van der Waals surface area contributed by atoms with Crippen molar-refractivity contribution in [2.24, 2.45) is 0 Å². The Hall–Kier alpha value is -2.08. The lowest BCUT2D eigenvalue weighted by Crippen LogP contribution is -2.52. The number of aliphatic carboxylic acids is 1. The van der Waals surface area contributed by atoms with Crippen molar-refractivity contribution in [1.82, 2.24) is 4.90 Å². The van der Waals surface area contributed by atoms with Gasteiger partial charge in [0.1, 0.15) is 5.75 Å². The molecule has 6 nitrogen and oxygen atoms in total. The van der Waals surface area contributed by atoms with Crippen LogP contribution in [0.3, 0.4) is 0 Å². The minimum Gasteiger partial charge on any atom is -0.496 e. The summed E-state index contributed by atoms with van der Waals surface area (Å²) in [5.74, 6) is -0.987. The van der Waals surface area contributed by atoms with Crippen molar-refractivity contribution in [3.05, 3.63) is 29.8 Å². The number of benzene rings is 1. The molecule has 102 valence electrons. The lowest BCUT2D eigenvalue weighted by molar-refractivity contribution is -0.147. The van der Waals surface area contributed by atoms with Crippen LogP contribution in [0.1, 0.15) is 10.4 Å². The SMILES string of the molecule is COc1ccccc1C(=O)N1CCOCC1C(=O)O. The number of hydrogen-bond donors (Lipinski definition) is 1. The number of carbonyl (C=O) groups is 2. The number of amides is 1. The Labute approximate surface area is 110 Å². The molecule has 1 aromatic rings. The molecule has 6 heteroatoms. The number of carbonyl (C=O) groups excluding carboxylic acids is 1. The van der Waals surface area contributed by atoms with E-state index in [4.69, 9.17) is 14.6 Å². The molecule has 1 N–H and O–H groups in total. The molecular weight excluding hydrogens is 250 g/mol. The molecular formula is C13H15NO5. The average Bonchev–Trinajstić information content (AvgIpc) is 2.46. The Balaban J connectivity index is 2.29. The molecule has 0 aliphatic carbocycles. The molecule has 2 rings (SSSR count). The van der Waals surface area contributed by atoms with Crippen LogP contribution in [-0.4, -0.2) is 54.8 Å². The zero-order valence-corrected chi connectivity index (χ0v) is 10.5. The monoisotopic (exact) mass is 265 g/mol. The van der Waals surface area contributed by atoms with Crippen LogP contribution in [0.15, 0.2) is 24.3 Å². The minimum atomic E-state index is -1.07. The first-order valence-electron chi connectivity index (χ1n) is 5.89. The van der Waals surface area contributed by atoms with E-state index >= 15 is 0 Å². The number of ether oxygens (including phenoxy) is 2. The third kappa shape index (κ3) is 2.68. The molecule has 1 saturated heterocycles. The van der Waals surface area contributed by atoms with Gasteiger partial charge >= 0.3 is 5.97 Å². The highest BCUT2D eigenvalue weighted by Crippen LogP contribution is 2.21. The Bertz CT molecular complexity index is 488. The molecule has 1 aliphatic rings. The van der Waals surface area contributed by atoms with E-state index in [9.17, 15) is 9.59 Å². The number of para-hydroxylation sites is 1. The number of morpholine rings is 1. The van der Waals surface area contributed by atoms with Crippen molar-refractivity contribution in [2.45, 2.75) is 6.04 Å². The third-order valence-corrected chi connectivity index (χ3v) is 3.01. The van der Waals surface area contributed by atoms with Gasteiger partial charge in [-0.1, -0.05) is 12.1 Å². The first kappa shape index (κ1) is 13.4. The van der Waals surface area contributed by atoms with Crippen LogP contribution < -0.4 is 4.74 Å². The van der Waals surface area contributed by atoms with Crippen molar-refractivity contribution < 1.29 is 24.2 Å². The van der Waals surface area contributed by atoms with Crippen LogP contribution in [0.4, 0.5) is 0 Å². The smallest absolute Gasteiger partial charge is 0.328 e. The zero-order chi connectivity index (χ0) is 13.8. The molecule has 1 heterocycles. The minimum absolute atomic E-state index is 0.0101.